The van der Waals surface area contributed by atoms with Crippen LogP contribution in [-0.2, 0) is 4.79 Å². The van der Waals surface area contributed by atoms with Gasteiger partial charge >= 0.3 is 47.1 Å². The Bertz CT molecular complexity index is 94.9. The fourth-order valence-electron chi connectivity index (χ4n) is 0.407. The molecule has 0 aliphatic carbocycles. The summed E-state index contributed by atoms with van der Waals surface area (Å²) in [5.74, 6) is 0.104. The standard InChI is InChI=1S/C3H6N2OSe/c4-3-5-2(6)1-7-3/h3H,1,4H2,(H,5,6). The first kappa shape index (κ1) is 5.09. The van der Waals surface area contributed by atoms with Crippen molar-refractivity contribution < 1.29 is 4.79 Å². The third kappa shape index (κ3) is 1.16. The molecule has 1 amide bonds. The molecule has 0 aromatic rings. The predicted octanol–water partition coefficient (Wildman–Crippen LogP) is -1.52. The van der Waals surface area contributed by atoms with Crippen LogP contribution in [0.2, 0.25) is 5.32 Å². The van der Waals surface area contributed by atoms with Crippen LogP contribution in [-0.4, -0.2) is 25.9 Å². The Labute approximate surface area is 47.8 Å². The molecule has 0 aromatic heterocycles. The summed E-state index contributed by atoms with van der Waals surface area (Å²) in [7, 11) is 0. The molecule has 1 saturated heterocycles. The second-order valence-electron chi connectivity index (χ2n) is 1.30. The van der Waals surface area contributed by atoms with Gasteiger partial charge in [0.1, 0.15) is 0 Å². The first-order valence-corrected chi connectivity index (χ1v) is 4.15. The molecular weight excluding hydrogens is 159 g/mol. The van der Waals surface area contributed by atoms with Crippen LogP contribution in [0.25, 0.3) is 0 Å². The topological polar surface area (TPSA) is 55.1 Å². The third-order valence-corrected chi connectivity index (χ3v) is 2.60. The zero-order valence-corrected chi connectivity index (χ0v) is 5.39. The van der Waals surface area contributed by atoms with Crippen LogP contribution in [0.5, 0.6) is 0 Å². The number of hydrogen-bond donors (Lipinski definition) is 2. The van der Waals surface area contributed by atoms with Crippen molar-refractivity contribution in [3.05, 3.63) is 0 Å². The summed E-state index contributed by atoms with van der Waals surface area (Å²) in [5.41, 5.74) is 5.32. The molecule has 4 heteroatoms. The molecule has 0 saturated carbocycles. The van der Waals surface area contributed by atoms with Crippen LogP contribution in [0, 0.1) is 0 Å². The van der Waals surface area contributed by atoms with Crippen molar-refractivity contribution >= 4 is 20.9 Å². The number of rotatable bonds is 0. The van der Waals surface area contributed by atoms with Crippen molar-refractivity contribution in [2.75, 3.05) is 0 Å². The Morgan fingerprint density at radius 3 is 2.86 bits per heavy atom. The van der Waals surface area contributed by atoms with Crippen molar-refractivity contribution in [3.63, 3.8) is 0 Å². The maximum absolute atomic E-state index is 10.3. The second kappa shape index (κ2) is 1.82. The number of nitrogens with two attached hydrogens (primary N) is 1. The first-order valence-electron chi connectivity index (χ1n) is 1.95. The number of nitrogens with one attached hydrogen (secondary N) is 1. The molecule has 1 aliphatic heterocycles. The molecular formula is C3H6N2OSe. The van der Waals surface area contributed by atoms with Gasteiger partial charge in [0.05, 0.1) is 0 Å². The number of hydrogen-bond acceptors (Lipinski definition) is 2. The van der Waals surface area contributed by atoms with E-state index in [0.717, 1.165) is 0 Å². The van der Waals surface area contributed by atoms with Gasteiger partial charge in [0.25, 0.3) is 0 Å². The van der Waals surface area contributed by atoms with E-state index >= 15 is 0 Å². The van der Waals surface area contributed by atoms with E-state index in [1.165, 1.54) is 0 Å². The van der Waals surface area contributed by atoms with Crippen LogP contribution >= 0.6 is 0 Å². The minimum atomic E-state index is -0.0139. The van der Waals surface area contributed by atoms with E-state index in [-0.39, 0.29) is 11.0 Å². The zero-order valence-electron chi connectivity index (χ0n) is 3.68. The van der Waals surface area contributed by atoms with Crippen LogP contribution < -0.4 is 11.1 Å². The van der Waals surface area contributed by atoms with Crippen LogP contribution in [0.4, 0.5) is 0 Å². The summed E-state index contributed by atoms with van der Waals surface area (Å²) in [5, 5.41) is 3.23. The Balaban J connectivity index is 2.40. The summed E-state index contributed by atoms with van der Waals surface area (Å²) in [4.78, 5) is 10.3. The monoisotopic (exact) mass is 166 g/mol. The van der Waals surface area contributed by atoms with E-state index in [9.17, 15) is 4.79 Å². The van der Waals surface area contributed by atoms with Crippen LogP contribution in [0.1, 0.15) is 0 Å². The Hall–Kier alpha value is -0.0505. The molecule has 1 fully saturated rings. The van der Waals surface area contributed by atoms with E-state index < -0.39 is 0 Å². The first-order chi connectivity index (χ1) is 3.29. The van der Waals surface area contributed by atoms with Crippen molar-refractivity contribution in [1.82, 2.24) is 5.32 Å². The van der Waals surface area contributed by atoms with Gasteiger partial charge in [-0.25, -0.2) is 0 Å². The minimum absolute atomic E-state index is 0.0139. The molecule has 0 bridgehead atoms. The molecule has 1 aliphatic rings. The van der Waals surface area contributed by atoms with Gasteiger partial charge in [0.2, 0.25) is 0 Å². The Morgan fingerprint density at radius 2 is 2.71 bits per heavy atom. The predicted molar refractivity (Wildman–Crippen MR) is 26.7 cm³/mol. The fourth-order valence-corrected chi connectivity index (χ4v) is 1.73. The van der Waals surface area contributed by atoms with Crippen LogP contribution in [0.15, 0.2) is 0 Å². The van der Waals surface area contributed by atoms with Crippen molar-refractivity contribution in [2.45, 2.75) is 10.4 Å². The van der Waals surface area contributed by atoms with Crippen LogP contribution in [0.3, 0.4) is 0 Å². The number of carbonyl (C=O) groups is 1. The van der Waals surface area contributed by atoms with Gasteiger partial charge in [0, 0.05) is 0 Å². The summed E-state index contributed by atoms with van der Waals surface area (Å²) in [6.07, 6.45) is 0. The van der Waals surface area contributed by atoms with Crippen molar-refractivity contribution in [1.29, 1.82) is 0 Å². The molecule has 1 rings (SSSR count). The molecule has 3 nitrogen and oxygen atoms in total. The molecule has 0 aromatic carbocycles. The Morgan fingerprint density at radius 1 is 2.00 bits per heavy atom. The average Bonchev–Trinajstić information content (AvgIpc) is 1.87. The molecule has 1 atom stereocenters. The molecule has 0 spiro atoms. The summed E-state index contributed by atoms with van der Waals surface area (Å²) in [6, 6.07) is 0. The fraction of sp³-hybridized carbons (Fsp3) is 0.667. The van der Waals surface area contributed by atoms with E-state index in [1.54, 1.807) is 0 Å². The summed E-state index contributed by atoms with van der Waals surface area (Å²) >= 11 is 0.317. The summed E-state index contributed by atoms with van der Waals surface area (Å²) in [6.45, 7) is 0. The second-order valence-corrected chi connectivity index (χ2v) is 3.67. The number of carbonyl (C=O) groups excluding carboxylic acids is 1. The van der Waals surface area contributed by atoms with Gasteiger partial charge in [-0.3, -0.25) is 0 Å². The molecule has 7 heavy (non-hydrogen) atoms. The zero-order chi connectivity index (χ0) is 5.28. The van der Waals surface area contributed by atoms with E-state index in [1.807, 2.05) is 0 Å². The molecule has 40 valence electrons. The molecule has 1 heterocycles. The summed E-state index contributed by atoms with van der Waals surface area (Å²) < 4.78 is 0. The van der Waals surface area contributed by atoms with Crippen molar-refractivity contribution in [3.8, 4) is 0 Å². The molecule has 0 radical (unpaired) electrons. The van der Waals surface area contributed by atoms with Gasteiger partial charge < -0.3 is 0 Å². The van der Waals surface area contributed by atoms with Gasteiger partial charge in [-0.15, -0.1) is 0 Å². The van der Waals surface area contributed by atoms with Crippen molar-refractivity contribution in [2.24, 2.45) is 5.73 Å². The van der Waals surface area contributed by atoms with E-state index in [2.05, 4.69) is 5.32 Å². The normalized spacial score (nSPS) is 30.4. The van der Waals surface area contributed by atoms with Gasteiger partial charge in [-0.2, -0.15) is 0 Å². The third-order valence-electron chi connectivity index (χ3n) is 0.697. The Kier molecular flexibility index (Phi) is 1.32. The maximum atomic E-state index is 10.3. The average molecular weight is 165 g/mol. The van der Waals surface area contributed by atoms with Gasteiger partial charge in [0.15, 0.2) is 0 Å². The SMILES string of the molecule is NC1NC(=O)C[Se]1. The molecule has 3 N–H and O–H groups in total. The van der Waals surface area contributed by atoms with E-state index in [0.29, 0.717) is 20.3 Å². The number of amides is 1. The van der Waals surface area contributed by atoms with Gasteiger partial charge in [-0.1, -0.05) is 0 Å². The van der Waals surface area contributed by atoms with E-state index in [4.69, 9.17) is 5.73 Å². The molecule has 1 unspecified atom stereocenters. The van der Waals surface area contributed by atoms with Gasteiger partial charge in [-0.05, 0) is 0 Å². The quantitative estimate of drug-likeness (QED) is 0.428.